The van der Waals surface area contributed by atoms with Gasteiger partial charge in [-0.15, -0.1) is 0 Å². The van der Waals surface area contributed by atoms with E-state index < -0.39 is 21.4 Å². The first-order valence-corrected chi connectivity index (χ1v) is 10.4. The Hall–Kier alpha value is -2.35. The molecule has 1 aliphatic rings. The van der Waals surface area contributed by atoms with Crippen molar-refractivity contribution in [2.75, 3.05) is 16.8 Å². The van der Waals surface area contributed by atoms with Crippen LogP contribution in [0.5, 0.6) is 0 Å². The first-order valence-electron chi connectivity index (χ1n) is 8.54. The second-order valence-corrected chi connectivity index (χ2v) is 9.45. The van der Waals surface area contributed by atoms with E-state index in [1.807, 2.05) is 48.9 Å². The molecule has 2 N–H and O–H groups in total. The summed E-state index contributed by atoms with van der Waals surface area (Å²) in [6.07, 6.45) is 0.435. The van der Waals surface area contributed by atoms with E-state index in [1.165, 1.54) is 0 Å². The molecule has 2 aromatic rings. The van der Waals surface area contributed by atoms with E-state index in [9.17, 15) is 13.2 Å². The average molecular weight is 376 g/mol. The number of benzene rings is 1. The molecule has 0 aliphatic carbocycles. The van der Waals surface area contributed by atoms with E-state index in [1.54, 1.807) is 6.92 Å². The zero-order chi connectivity index (χ0) is 18.9. The number of urea groups is 1. The number of amides is 2. The highest BCUT2D eigenvalue weighted by atomic mass is 32.2. The fraction of sp³-hybridized carbons (Fsp3) is 0.444. The maximum absolute atomic E-state index is 12.2. The molecule has 0 radical (unpaired) electrons. The number of nitrogens with one attached hydrogen (secondary N) is 2. The van der Waals surface area contributed by atoms with Gasteiger partial charge in [-0.25, -0.2) is 13.2 Å². The Morgan fingerprint density at radius 1 is 1.27 bits per heavy atom. The van der Waals surface area contributed by atoms with Gasteiger partial charge in [-0.05, 0) is 51.0 Å². The molecule has 8 heteroatoms. The number of aryl methyl sites for hydroxylation is 2. The van der Waals surface area contributed by atoms with E-state index in [4.69, 9.17) is 0 Å². The van der Waals surface area contributed by atoms with E-state index in [0.29, 0.717) is 18.7 Å². The molecular formula is C18H24N4O3S. The normalized spacial score (nSPS) is 21.5. The molecule has 1 aromatic carbocycles. The molecule has 140 valence electrons. The van der Waals surface area contributed by atoms with Crippen LogP contribution >= 0.6 is 0 Å². The molecule has 1 saturated heterocycles. The lowest BCUT2D eigenvalue weighted by Crippen LogP contribution is -2.48. The summed E-state index contributed by atoms with van der Waals surface area (Å²) in [5, 5.41) is 9.98. The molecule has 3 rings (SSSR count). The smallest absolute Gasteiger partial charge is 0.319 e. The van der Waals surface area contributed by atoms with Gasteiger partial charge in [-0.1, -0.05) is 12.1 Å². The Bertz CT molecular complexity index is 918. The standard InChI is InChI=1S/C18H24N4O3S/c1-13-10-14(2)22(21-13)11-15-4-6-16(7-5-15)19-17(23)20-18(3)8-9-26(24,25)12-18/h4-7,10H,8-9,11-12H2,1-3H3,(H2,19,20,23)/t18-/m1/s1. The van der Waals surface area contributed by atoms with Crippen molar-refractivity contribution in [1.29, 1.82) is 0 Å². The monoisotopic (exact) mass is 376 g/mol. The summed E-state index contributed by atoms with van der Waals surface area (Å²) < 4.78 is 25.2. The van der Waals surface area contributed by atoms with Crippen molar-refractivity contribution in [1.82, 2.24) is 15.1 Å². The summed E-state index contributed by atoms with van der Waals surface area (Å²) in [5.74, 6) is 0.0970. The van der Waals surface area contributed by atoms with Gasteiger partial charge in [-0.2, -0.15) is 5.10 Å². The van der Waals surface area contributed by atoms with Gasteiger partial charge in [0.05, 0.1) is 29.3 Å². The summed E-state index contributed by atoms with van der Waals surface area (Å²) in [6, 6.07) is 9.17. The third-order valence-corrected chi connectivity index (χ3v) is 6.47. The second-order valence-electron chi connectivity index (χ2n) is 7.26. The van der Waals surface area contributed by atoms with Gasteiger partial charge in [-0.3, -0.25) is 4.68 Å². The van der Waals surface area contributed by atoms with Gasteiger partial charge in [0, 0.05) is 11.4 Å². The van der Waals surface area contributed by atoms with Crippen molar-refractivity contribution < 1.29 is 13.2 Å². The molecule has 1 aromatic heterocycles. The first-order chi connectivity index (χ1) is 12.1. The number of aromatic nitrogens is 2. The number of carbonyl (C=O) groups excluding carboxylic acids is 1. The minimum Gasteiger partial charge on any atom is -0.332 e. The Morgan fingerprint density at radius 2 is 1.96 bits per heavy atom. The van der Waals surface area contributed by atoms with Crippen molar-refractivity contribution in [2.45, 2.75) is 39.3 Å². The van der Waals surface area contributed by atoms with Crippen molar-refractivity contribution in [2.24, 2.45) is 0 Å². The van der Waals surface area contributed by atoms with Gasteiger partial charge in [0.2, 0.25) is 0 Å². The average Bonchev–Trinajstić information content (AvgIpc) is 2.98. The van der Waals surface area contributed by atoms with Crippen molar-refractivity contribution >= 4 is 21.6 Å². The number of sulfone groups is 1. The summed E-state index contributed by atoms with van der Waals surface area (Å²) in [4.78, 5) is 12.2. The van der Waals surface area contributed by atoms with E-state index in [-0.39, 0.29) is 11.5 Å². The van der Waals surface area contributed by atoms with Crippen LogP contribution in [-0.4, -0.2) is 41.3 Å². The van der Waals surface area contributed by atoms with Crippen LogP contribution in [0.25, 0.3) is 0 Å². The van der Waals surface area contributed by atoms with Gasteiger partial charge in [0.25, 0.3) is 0 Å². The van der Waals surface area contributed by atoms with Crippen LogP contribution in [0.2, 0.25) is 0 Å². The van der Waals surface area contributed by atoms with Crippen molar-refractivity contribution in [3.8, 4) is 0 Å². The molecule has 2 heterocycles. The van der Waals surface area contributed by atoms with E-state index in [2.05, 4.69) is 15.7 Å². The highest BCUT2D eigenvalue weighted by Gasteiger charge is 2.39. The van der Waals surface area contributed by atoms with Gasteiger partial charge >= 0.3 is 6.03 Å². The fourth-order valence-corrected chi connectivity index (χ4v) is 5.34. The van der Waals surface area contributed by atoms with Crippen molar-refractivity contribution in [3.63, 3.8) is 0 Å². The lowest BCUT2D eigenvalue weighted by molar-refractivity contribution is 0.242. The number of hydrogen-bond donors (Lipinski definition) is 2. The molecule has 26 heavy (non-hydrogen) atoms. The topological polar surface area (TPSA) is 93.1 Å². The molecular weight excluding hydrogens is 352 g/mol. The number of anilines is 1. The predicted octanol–water partition coefficient (Wildman–Crippen LogP) is 2.25. The minimum absolute atomic E-state index is 0.0189. The van der Waals surface area contributed by atoms with E-state index in [0.717, 1.165) is 17.0 Å². The third-order valence-electron chi connectivity index (χ3n) is 4.57. The molecule has 1 atom stereocenters. The Morgan fingerprint density at radius 3 is 2.50 bits per heavy atom. The van der Waals surface area contributed by atoms with Crippen LogP contribution in [0.3, 0.4) is 0 Å². The highest BCUT2D eigenvalue weighted by molar-refractivity contribution is 7.91. The van der Waals surface area contributed by atoms with Crippen LogP contribution < -0.4 is 10.6 Å². The third kappa shape index (κ3) is 4.43. The summed E-state index contributed by atoms with van der Waals surface area (Å²) in [7, 11) is -3.06. The molecule has 0 unspecified atom stereocenters. The number of nitrogens with zero attached hydrogens (tertiary/aromatic N) is 2. The summed E-state index contributed by atoms with van der Waals surface area (Å²) in [5.41, 5.74) is 3.11. The Kier molecular flexibility index (Phi) is 4.79. The maximum atomic E-state index is 12.2. The van der Waals surface area contributed by atoms with Crippen molar-refractivity contribution in [3.05, 3.63) is 47.3 Å². The second kappa shape index (κ2) is 6.75. The molecule has 2 amide bonds. The zero-order valence-electron chi connectivity index (χ0n) is 15.2. The predicted molar refractivity (Wildman–Crippen MR) is 101 cm³/mol. The van der Waals surface area contributed by atoms with Crippen LogP contribution in [0, 0.1) is 13.8 Å². The first kappa shape index (κ1) is 18.4. The fourth-order valence-electron chi connectivity index (χ4n) is 3.25. The van der Waals surface area contributed by atoms with Crippen LogP contribution in [-0.2, 0) is 16.4 Å². The van der Waals surface area contributed by atoms with Crippen LogP contribution in [0.15, 0.2) is 30.3 Å². The SMILES string of the molecule is Cc1cc(C)n(Cc2ccc(NC(=O)N[C@]3(C)CCS(=O)(=O)C3)cc2)n1. The summed E-state index contributed by atoms with van der Waals surface area (Å²) >= 11 is 0. The maximum Gasteiger partial charge on any atom is 0.319 e. The molecule has 0 spiro atoms. The summed E-state index contributed by atoms with van der Waals surface area (Å²) in [6.45, 7) is 6.41. The quantitative estimate of drug-likeness (QED) is 0.856. The number of carbonyl (C=O) groups is 1. The molecule has 1 aliphatic heterocycles. The van der Waals surface area contributed by atoms with Crippen LogP contribution in [0.4, 0.5) is 10.5 Å². The van der Waals surface area contributed by atoms with Gasteiger partial charge < -0.3 is 10.6 Å². The van der Waals surface area contributed by atoms with E-state index >= 15 is 0 Å². The molecule has 0 bridgehead atoms. The molecule has 1 fully saturated rings. The van der Waals surface area contributed by atoms with Crippen LogP contribution in [0.1, 0.15) is 30.3 Å². The number of rotatable bonds is 4. The zero-order valence-corrected chi connectivity index (χ0v) is 16.1. The Balaban J connectivity index is 1.59. The van der Waals surface area contributed by atoms with Gasteiger partial charge in [0.15, 0.2) is 9.84 Å². The minimum atomic E-state index is -3.06. The molecule has 0 saturated carbocycles. The largest absolute Gasteiger partial charge is 0.332 e. The highest BCUT2D eigenvalue weighted by Crippen LogP contribution is 2.23. The lowest BCUT2D eigenvalue weighted by atomic mass is 10.0. The van der Waals surface area contributed by atoms with Gasteiger partial charge in [0.1, 0.15) is 0 Å². The Labute approximate surface area is 153 Å². The number of hydrogen-bond acceptors (Lipinski definition) is 4. The molecule has 7 nitrogen and oxygen atoms in total. The lowest BCUT2D eigenvalue weighted by Gasteiger charge is -2.24.